The number of hydrogen-bond donors (Lipinski definition) is 1. The standard InChI is InChI=1S/C22H30N4O3/c1-14(2)6-8-23-21(27)18-10-15(3)24-22(25-18)26-9-7-16-11-19(28-4)20(29-5)12-17(16)13-26/h10-12,14H,6-9,13H2,1-5H3,(H,23,27). The zero-order valence-corrected chi connectivity index (χ0v) is 17.9. The molecule has 0 spiro atoms. The van der Waals surface area contributed by atoms with Crippen molar-refractivity contribution in [3.05, 3.63) is 40.7 Å². The van der Waals surface area contributed by atoms with Gasteiger partial charge in [-0.05, 0) is 55.0 Å². The number of carbonyl (C=O) groups excluding carboxylic acids is 1. The van der Waals surface area contributed by atoms with E-state index >= 15 is 0 Å². The maximum atomic E-state index is 12.5. The number of hydrogen-bond acceptors (Lipinski definition) is 6. The summed E-state index contributed by atoms with van der Waals surface area (Å²) in [6.07, 6.45) is 1.79. The first-order valence-corrected chi connectivity index (χ1v) is 10.0. The first-order chi connectivity index (χ1) is 13.9. The van der Waals surface area contributed by atoms with E-state index in [4.69, 9.17) is 9.47 Å². The number of aromatic nitrogens is 2. The van der Waals surface area contributed by atoms with E-state index in [1.54, 1.807) is 20.3 Å². The summed E-state index contributed by atoms with van der Waals surface area (Å²) >= 11 is 0. The minimum absolute atomic E-state index is 0.152. The van der Waals surface area contributed by atoms with Crippen molar-refractivity contribution >= 4 is 11.9 Å². The van der Waals surface area contributed by atoms with Gasteiger partial charge in [0.1, 0.15) is 5.69 Å². The van der Waals surface area contributed by atoms with Crippen molar-refractivity contribution in [2.45, 2.75) is 40.2 Å². The monoisotopic (exact) mass is 398 g/mol. The zero-order valence-electron chi connectivity index (χ0n) is 17.9. The van der Waals surface area contributed by atoms with Crippen LogP contribution in [0.25, 0.3) is 0 Å². The van der Waals surface area contributed by atoms with Gasteiger partial charge in [0, 0.05) is 25.3 Å². The fraction of sp³-hybridized carbons (Fsp3) is 0.500. The lowest BCUT2D eigenvalue weighted by Crippen LogP contribution is -2.33. The average molecular weight is 399 g/mol. The summed E-state index contributed by atoms with van der Waals surface area (Å²) in [5, 5.41) is 2.95. The minimum atomic E-state index is -0.152. The Labute approximate surface area is 172 Å². The van der Waals surface area contributed by atoms with E-state index in [-0.39, 0.29) is 5.91 Å². The van der Waals surface area contributed by atoms with Crippen LogP contribution < -0.4 is 19.7 Å². The lowest BCUT2D eigenvalue weighted by molar-refractivity contribution is 0.0946. The molecule has 29 heavy (non-hydrogen) atoms. The highest BCUT2D eigenvalue weighted by molar-refractivity contribution is 5.92. The fourth-order valence-corrected chi connectivity index (χ4v) is 3.43. The molecule has 0 aliphatic carbocycles. The molecule has 0 fully saturated rings. The summed E-state index contributed by atoms with van der Waals surface area (Å²) in [7, 11) is 3.28. The minimum Gasteiger partial charge on any atom is -0.493 e. The van der Waals surface area contributed by atoms with E-state index in [0.717, 1.165) is 36.4 Å². The highest BCUT2D eigenvalue weighted by Crippen LogP contribution is 2.33. The highest BCUT2D eigenvalue weighted by Gasteiger charge is 2.22. The fourth-order valence-electron chi connectivity index (χ4n) is 3.43. The lowest BCUT2D eigenvalue weighted by atomic mass is 9.99. The van der Waals surface area contributed by atoms with Crippen molar-refractivity contribution in [2.24, 2.45) is 5.92 Å². The summed E-state index contributed by atoms with van der Waals surface area (Å²) < 4.78 is 10.9. The Balaban J connectivity index is 1.79. The van der Waals surface area contributed by atoms with Gasteiger partial charge < -0.3 is 19.7 Å². The van der Waals surface area contributed by atoms with Crippen molar-refractivity contribution in [3.63, 3.8) is 0 Å². The topological polar surface area (TPSA) is 76.6 Å². The molecule has 0 saturated heterocycles. The number of anilines is 1. The van der Waals surface area contributed by atoms with E-state index in [9.17, 15) is 4.79 Å². The number of nitrogens with zero attached hydrogens (tertiary/aromatic N) is 3. The maximum absolute atomic E-state index is 12.5. The van der Waals surface area contributed by atoms with Crippen LogP contribution in [0.4, 0.5) is 5.95 Å². The van der Waals surface area contributed by atoms with Crippen LogP contribution in [-0.4, -0.2) is 43.2 Å². The third-order valence-electron chi connectivity index (χ3n) is 5.08. The summed E-state index contributed by atoms with van der Waals surface area (Å²) in [6.45, 7) is 8.25. The van der Waals surface area contributed by atoms with Gasteiger partial charge in [-0.2, -0.15) is 0 Å². The molecule has 3 rings (SSSR count). The molecule has 1 aromatic carbocycles. The van der Waals surface area contributed by atoms with Crippen LogP contribution in [-0.2, 0) is 13.0 Å². The van der Waals surface area contributed by atoms with Gasteiger partial charge in [0.25, 0.3) is 5.91 Å². The van der Waals surface area contributed by atoms with Crippen LogP contribution in [0.1, 0.15) is 47.6 Å². The molecule has 0 unspecified atom stereocenters. The van der Waals surface area contributed by atoms with Crippen LogP contribution in [0.15, 0.2) is 18.2 Å². The van der Waals surface area contributed by atoms with Crippen LogP contribution in [0, 0.1) is 12.8 Å². The average Bonchev–Trinajstić information content (AvgIpc) is 2.71. The molecule has 1 aromatic heterocycles. The van der Waals surface area contributed by atoms with Crippen molar-refractivity contribution in [2.75, 3.05) is 32.2 Å². The summed E-state index contributed by atoms with van der Waals surface area (Å²) in [5.41, 5.74) is 3.58. The van der Waals surface area contributed by atoms with Crippen molar-refractivity contribution in [1.29, 1.82) is 0 Å². The van der Waals surface area contributed by atoms with E-state index in [0.29, 0.717) is 36.4 Å². The Kier molecular flexibility index (Phi) is 6.56. The number of methoxy groups -OCH3 is 2. The Bertz CT molecular complexity index is 883. The predicted octanol–water partition coefficient (Wildman–Crippen LogP) is 3.14. The second kappa shape index (κ2) is 9.11. The van der Waals surface area contributed by atoms with E-state index < -0.39 is 0 Å². The van der Waals surface area contributed by atoms with Gasteiger partial charge >= 0.3 is 0 Å². The van der Waals surface area contributed by atoms with Crippen LogP contribution >= 0.6 is 0 Å². The second-order valence-corrected chi connectivity index (χ2v) is 7.78. The van der Waals surface area contributed by atoms with Crippen LogP contribution in [0.2, 0.25) is 0 Å². The summed E-state index contributed by atoms with van der Waals surface area (Å²) in [6, 6.07) is 5.78. The Morgan fingerprint density at radius 3 is 2.48 bits per heavy atom. The molecule has 0 atom stereocenters. The molecule has 2 aromatic rings. The van der Waals surface area contributed by atoms with Crippen molar-refractivity contribution in [1.82, 2.24) is 15.3 Å². The smallest absolute Gasteiger partial charge is 0.270 e. The summed E-state index contributed by atoms with van der Waals surface area (Å²) in [4.78, 5) is 23.7. The zero-order chi connectivity index (χ0) is 21.0. The maximum Gasteiger partial charge on any atom is 0.270 e. The van der Waals surface area contributed by atoms with Crippen molar-refractivity contribution < 1.29 is 14.3 Å². The number of ether oxygens (including phenoxy) is 2. The predicted molar refractivity (Wildman–Crippen MR) is 113 cm³/mol. The second-order valence-electron chi connectivity index (χ2n) is 7.78. The normalized spacial score (nSPS) is 13.2. The number of rotatable bonds is 7. The molecule has 0 bridgehead atoms. The Morgan fingerprint density at radius 2 is 1.83 bits per heavy atom. The van der Waals surface area contributed by atoms with Crippen LogP contribution in [0.3, 0.4) is 0 Å². The summed E-state index contributed by atoms with van der Waals surface area (Å²) in [5.74, 6) is 2.43. The third kappa shape index (κ3) is 4.96. The van der Waals surface area contributed by atoms with Gasteiger partial charge in [0.2, 0.25) is 5.95 Å². The number of carbonyl (C=O) groups is 1. The molecule has 7 nitrogen and oxygen atoms in total. The first-order valence-electron chi connectivity index (χ1n) is 10.0. The number of nitrogens with one attached hydrogen (secondary N) is 1. The number of aryl methyl sites for hydroxylation is 1. The molecule has 156 valence electrons. The largest absolute Gasteiger partial charge is 0.493 e. The van der Waals surface area contributed by atoms with Gasteiger partial charge in [0.05, 0.1) is 14.2 Å². The Morgan fingerprint density at radius 1 is 1.14 bits per heavy atom. The first kappa shape index (κ1) is 20.9. The van der Waals surface area contributed by atoms with E-state index in [1.165, 1.54) is 5.56 Å². The molecule has 1 aliphatic heterocycles. The van der Waals surface area contributed by atoms with Crippen LogP contribution in [0.5, 0.6) is 11.5 Å². The van der Waals surface area contributed by atoms with Crippen molar-refractivity contribution in [3.8, 4) is 11.5 Å². The van der Waals surface area contributed by atoms with E-state index in [1.807, 2.05) is 19.1 Å². The molecule has 0 saturated carbocycles. The Hall–Kier alpha value is -2.83. The molecule has 7 heteroatoms. The number of fused-ring (bicyclic) bond motifs is 1. The van der Waals surface area contributed by atoms with Gasteiger partial charge in [-0.25, -0.2) is 9.97 Å². The van der Waals surface area contributed by atoms with Gasteiger partial charge in [-0.3, -0.25) is 4.79 Å². The third-order valence-corrected chi connectivity index (χ3v) is 5.08. The molecule has 1 amide bonds. The SMILES string of the molecule is COc1cc2c(cc1OC)CN(c1nc(C)cc(C(=O)NCCC(C)C)n1)CC2. The molecule has 2 heterocycles. The molecular formula is C22H30N4O3. The molecule has 1 aliphatic rings. The quantitative estimate of drug-likeness (QED) is 0.772. The lowest BCUT2D eigenvalue weighted by Gasteiger charge is -2.30. The van der Waals surface area contributed by atoms with Gasteiger partial charge in [-0.1, -0.05) is 13.8 Å². The number of amides is 1. The van der Waals surface area contributed by atoms with Gasteiger partial charge in [-0.15, -0.1) is 0 Å². The number of benzene rings is 1. The van der Waals surface area contributed by atoms with Gasteiger partial charge in [0.15, 0.2) is 11.5 Å². The molecule has 1 N–H and O–H groups in total. The highest BCUT2D eigenvalue weighted by atomic mass is 16.5. The molecular weight excluding hydrogens is 368 g/mol. The van der Waals surface area contributed by atoms with E-state index in [2.05, 4.69) is 34.0 Å². The molecule has 0 radical (unpaired) electrons.